The molecule has 0 aliphatic carbocycles. The van der Waals surface area contributed by atoms with Gasteiger partial charge in [0.1, 0.15) is 38.4 Å². The third-order valence-corrected chi connectivity index (χ3v) is 13.3. The van der Waals surface area contributed by atoms with E-state index in [1.54, 1.807) is 32.9 Å². The number of benzene rings is 4. The molecule has 0 bridgehead atoms. The van der Waals surface area contributed by atoms with Crippen molar-refractivity contribution in [3.05, 3.63) is 106 Å². The summed E-state index contributed by atoms with van der Waals surface area (Å²) < 4.78 is 73.4. The number of piperazine rings is 2. The number of aryl methyl sites for hydroxylation is 4. The Morgan fingerprint density at radius 3 is 1.31 bits per heavy atom. The standard InChI is InChI=1S/C24H31N3O6S.C19H23N3O4S.ClH/c1-16-12-17(2)14-19(13-16)32-20-7-6-18(22(25)28)15-21(20)34(30,31)27-10-8-26(9-11-27)23(29)33-24(3,4)5;1-13-9-14(2)11-16(10-13)26-17-4-3-15(19(20)23)12-18(17)27(24,25)22-7-5-21-6-8-22;/h6-7,12-15H,8-11H2,1-5H3,(H2,25,28);3-4,9-12,21H,5-8H2,1-2H3,(H2,20,23);1H. The van der Waals surface area contributed by atoms with E-state index in [1.807, 2.05) is 52.0 Å². The lowest BCUT2D eigenvalue weighted by Crippen LogP contribution is -2.51. The van der Waals surface area contributed by atoms with Crippen LogP contribution in [0.1, 0.15) is 63.7 Å². The topological polar surface area (TPSA) is 221 Å². The van der Waals surface area contributed by atoms with E-state index in [1.165, 1.54) is 49.9 Å². The number of rotatable bonds is 10. The molecular formula is C43H55ClN6O10S2. The van der Waals surface area contributed by atoms with E-state index in [0.717, 1.165) is 22.3 Å². The number of carbonyl (C=O) groups excluding carboxylic acids is 3. The lowest BCUT2D eigenvalue weighted by Gasteiger charge is -2.35. The van der Waals surface area contributed by atoms with Crippen LogP contribution in [0, 0.1) is 27.7 Å². The van der Waals surface area contributed by atoms with Crippen LogP contribution in [0.15, 0.2) is 82.6 Å². The fourth-order valence-corrected chi connectivity index (χ4v) is 9.88. The van der Waals surface area contributed by atoms with Gasteiger partial charge < -0.3 is 35.9 Å². The first-order valence-electron chi connectivity index (χ1n) is 19.6. The first-order valence-corrected chi connectivity index (χ1v) is 22.5. The molecule has 2 fully saturated rings. The molecule has 0 unspecified atom stereocenters. The van der Waals surface area contributed by atoms with E-state index < -0.39 is 43.6 Å². The predicted molar refractivity (Wildman–Crippen MR) is 237 cm³/mol. The molecule has 16 nitrogen and oxygen atoms in total. The van der Waals surface area contributed by atoms with Crippen molar-refractivity contribution < 1.29 is 45.4 Å². The number of primary amides is 2. The smallest absolute Gasteiger partial charge is 0.410 e. The van der Waals surface area contributed by atoms with E-state index in [0.29, 0.717) is 37.7 Å². The van der Waals surface area contributed by atoms with Crippen LogP contribution in [0.25, 0.3) is 0 Å². The maximum absolute atomic E-state index is 13.6. The molecule has 5 N–H and O–H groups in total. The van der Waals surface area contributed by atoms with Crippen LogP contribution in [0.5, 0.6) is 23.0 Å². The maximum Gasteiger partial charge on any atom is 0.410 e. The number of amides is 3. The number of carbonyl (C=O) groups is 3. The van der Waals surface area contributed by atoms with Crippen LogP contribution >= 0.6 is 12.4 Å². The summed E-state index contributed by atoms with van der Waals surface area (Å²) in [4.78, 5) is 36.9. The summed E-state index contributed by atoms with van der Waals surface area (Å²) in [5.74, 6) is -0.159. The van der Waals surface area contributed by atoms with Gasteiger partial charge >= 0.3 is 6.09 Å². The summed E-state index contributed by atoms with van der Waals surface area (Å²) in [5, 5.41) is 3.12. The Balaban J connectivity index is 0.000000275. The number of sulfonamides is 2. The molecule has 2 saturated heterocycles. The van der Waals surface area contributed by atoms with Crippen LogP contribution in [0.3, 0.4) is 0 Å². The Morgan fingerprint density at radius 2 is 0.952 bits per heavy atom. The molecule has 4 aromatic rings. The normalized spacial score (nSPS) is 15.0. The number of hydrogen-bond donors (Lipinski definition) is 3. The maximum atomic E-state index is 13.6. The largest absolute Gasteiger partial charge is 0.456 e. The molecule has 0 saturated carbocycles. The number of hydrogen-bond acceptors (Lipinski definition) is 11. The van der Waals surface area contributed by atoms with E-state index in [2.05, 4.69) is 5.32 Å². The molecule has 0 atom stereocenters. The zero-order valence-corrected chi connectivity index (χ0v) is 38.3. The Hall–Kier alpha value is -5.24. The molecule has 2 aliphatic heterocycles. The summed E-state index contributed by atoms with van der Waals surface area (Å²) in [6.07, 6.45) is -0.487. The fourth-order valence-electron chi connectivity index (χ4n) is 6.73. The molecule has 2 aliphatic rings. The number of nitrogens with zero attached hydrogens (tertiary/aromatic N) is 3. The van der Waals surface area contributed by atoms with Crippen molar-refractivity contribution in [1.29, 1.82) is 0 Å². The summed E-state index contributed by atoms with van der Waals surface area (Å²) >= 11 is 0. The molecule has 336 valence electrons. The highest BCUT2D eigenvalue weighted by Crippen LogP contribution is 2.35. The molecule has 2 heterocycles. The second kappa shape index (κ2) is 20.3. The minimum Gasteiger partial charge on any atom is -0.456 e. The number of nitrogens with one attached hydrogen (secondary N) is 1. The van der Waals surface area contributed by atoms with Crippen molar-refractivity contribution in [2.24, 2.45) is 11.5 Å². The third-order valence-electron chi connectivity index (χ3n) is 9.50. The molecule has 6 rings (SSSR count). The number of nitrogens with two attached hydrogens (primary N) is 2. The molecule has 62 heavy (non-hydrogen) atoms. The van der Waals surface area contributed by atoms with Gasteiger partial charge in [-0.3, -0.25) is 9.59 Å². The van der Waals surface area contributed by atoms with Gasteiger partial charge in [0.05, 0.1) is 0 Å². The highest BCUT2D eigenvalue weighted by molar-refractivity contribution is 7.89. The Labute approximate surface area is 370 Å². The van der Waals surface area contributed by atoms with E-state index >= 15 is 0 Å². The van der Waals surface area contributed by atoms with Crippen LogP contribution < -0.4 is 26.3 Å². The summed E-state index contributed by atoms with van der Waals surface area (Å²) in [6, 6.07) is 19.6. The summed E-state index contributed by atoms with van der Waals surface area (Å²) in [5.41, 5.74) is 14.2. The zero-order valence-electron chi connectivity index (χ0n) is 35.9. The van der Waals surface area contributed by atoms with Crippen LogP contribution in [-0.4, -0.2) is 106 Å². The van der Waals surface area contributed by atoms with Gasteiger partial charge in [-0.1, -0.05) is 12.1 Å². The monoisotopic (exact) mass is 914 g/mol. The zero-order chi connectivity index (χ0) is 44.9. The second-order valence-electron chi connectivity index (χ2n) is 15.9. The lowest BCUT2D eigenvalue weighted by molar-refractivity contribution is 0.0192. The average molecular weight is 916 g/mol. The Morgan fingerprint density at radius 1 is 0.581 bits per heavy atom. The number of halogens is 1. The second-order valence-corrected chi connectivity index (χ2v) is 19.7. The van der Waals surface area contributed by atoms with Gasteiger partial charge in [0.2, 0.25) is 31.9 Å². The SMILES string of the molecule is Cc1cc(C)cc(Oc2ccc(C(N)=O)cc2S(=O)(=O)N2CCN(C(=O)OC(C)(C)C)CC2)c1.Cc1cc(C)cc(Oc2ccc(C(N)=O)cc2S(=O)(=O)N2CCNCC2)c1.Cl. The van der Waals surface area contributed by atoms with E-state index in [4.69, 9.17) is 25.7 Å². The quantitative estimate of drug-likeness (QED) is 0.177. The van der Waals surface area contributed by atoms with Gasteiger partial charge in [-0.25, -0.2) is 21.6 Å². The molecule has 4 aromatic carbocycles. The van der Waals surface area contributed by atoms with Crippen molar-refractivity contribution in [2.45, 2.75) is 63.9 Å². The molecule has 0 radical (unpaired) electrons. The Bertz CT molecular complexity index is 2480. The van der Waals surface area contributed by atoms with E-state index in [9.17, 15) is 31.2 Å². The van der Waals surface area contributed by atoms with Gasteiger partial charge in [-0.05, 0) is 131 Å². The van der Waals surface area contributed by atoms with Crippen molar-refractivity contribution in [1.82, 2.24) is 18.8 Å². The molecule has 3 amide bonds. The van der Waals surface area contributed by atoms with Gasteiger partial charge in [-0.15, -0.1) is 12.4 Å². The first kappa shape index (κ1) is 49.4. The van der Waals surface area contributed by atoms with Gasteiger partial charge in [0.15, 0.2) is 0 Å². The van der Waals surface area contributed by atoms with E-state index in [-0.39, 0.29) is 71.0 Å². The minimum absolute atomic E-state index is 0. The summed E-state index contributed by atoms with van der Waals surface area (Å²) in [7, 11) is -7.88. The predicted octanol–water partition coefficient (Wildman–Crippen LogP) is 5.65. The molecule has 0 spiro atoms. The highest BCUT2D eigenvalue weighted by Gasteiger charge is 2.35. The number of ether oxygens (including phenoxy) is 3. The van der Waals surface area contributed by atoms with Crippen LogP contribution in [0.2, 0.25) is 0 Å². The minimum atomic E-state index is -4.05. The third kappa shape index (κ3) is 12.7. The first-order chi connectivity index (χ1) is 28.5. The highest BCUT2D eigenvalue weighted by atomic mass is 35.5. The van der Waals surface area contributed by atoms with Gasteiger partial charge in [0.25, 0.3) is 0 Å². The van der Waals surface area contributed by atoms with Crippen molar-refractivity contribution in [2.75, 3.05) is 52.4 Å². The van der Waals surface area contributed by atoms with Crippen molar-refractivity contribution in [3.8, 4) is 23.0 Å². The fraction of sp³-hybridized carbons (Fsp3) is 0.372. The van der Waals surface area contributed by atoms with Gasteiger partial charge in [0, 0.05) is 63.5 Å². The lowest BCUT2D eigenvalue weighted by atomic mass is 10.1. The average Bonchev–Trinajstić information content (AvgIpc) is 3.17. The van der Waals surface area contributed by atoms with Crippen molar-refractivity contribution >= 4 is 50.4 Å². The van der Waals surface area contributed by atoms with Gasteiger partial charge in [-0.2, -0.15) is 8.61 Å². The van der Waals surface area contributed by atoms with Crippen LogP contribution in [0.4, 0.5) is 4.79 Å². The molecular weight excluding hydrogens is 860 g/mol. The van der Waals surface area contributed by atoms with Crippen LogP contribution in [-0.2, 0) is 24.8 Å². The molecule has 19 heteroatoms. The van der Waals surface area contributed by atoms with Crippen molar-refractivity contribution in [3.63, 3.8) is 0 Å². The Kier molecular flexibility index (Phi) is 16.2. The molecule has 0 aromatic heterocycles. The summed E-state index contributed by atoms with van der Waals surface area (Å²) in [6.45, 7) is 15.4.